The molecule has 8 heteroatoms. The van der Waals surface area contributed by atoms with Gasteiger partial charge in [0.1, 0.15) is 0 Å². The molecule has 0 spiro atoms. The van der Waals surface area contributed by atoms with Crippen molar-refractivity contribution >= 4 is 17.5 Å². The van der Waals surface area contributed by atoms with Gasteiger partial charge in [0, 0.05) is 37.3 Å². The zero-order chi connectivity index (χ0) is 20.3. The van der Waals surface area contributed by atoms with Crippen LogP contribution in [0, 0.1) is 0 Å². The van der Waals surface area contributed by atoms with Gasteiger partial charge in [-0.25, -0.2) is 0 Å². The normalized spacial score (nSPS) is 14.4. The minimum absolute atomic E-state index is 0.0343. The fourth-order valence-electron chi connectivity index (χ4n) is 3.10. The summed E-state index contributed by atoms with van der Waals surface area (Å²) < 4.78 is 39.0. The minimum atomic E-state index is -4.53. The Bertz CT molecular complexity index is 879. The molecule has 0 radical (unpaired) electrons. The highest BCUT2D eigenvalue weighted by Crippen LogP contribution is 2.32. The fourth-order valence-corrected chi connectivity index (χ4v) is 3.10. The van der Waals surface area contributed by atoms with Crippen molar-refractivity contribution in [2.24, 2.45) is 5.73 Å². The Morgan fingerprint density at radius 3 is 2.39 bits per heavy atom. The second-order valence-corrected chi connectivity index (χ2v) is 6.69. The Morgan fingerprint density at radius 2 is 1.82 bits per heavy atom. The van der Waals surface area contributed by atoms with E-state index >= 15 is 0 Å². The molecule has 0 atom stereocenters. The van der Waals surface area contributed by atoms with Crippen molar-refractivity contribution in [3.05, 3.63) is 64.7 Å². The predicted octanol–water partition coefficient (Wildman–Crippen LogP) is 3.54. The molecular formula is C20H20F3N3O2. The molecule has 0 unspecified atom stereocenters. The third kappa shape index (κ3) is 4.69. The number of anilines is 1. The van der Waals surface area contributed by atoms with Crippen molar-refractivity contribution in [1.29, 1.82) is 0 Å². The Labute approximate surface area is 160 Å². The van der Waals surface area contributed by atoms with E-state index in [1.165, 1.54) is 6.07 Å². The van der Waals surface area contributed by atoms with Crippen LogP contribution in [0.5, 0.6) is 0 Å². The Morgan fingerprint density at radius 1 is 1.11 bits per heavy atom. The third-order valence-electron chi connectivity index (χ3n) is 4.57. The summed E-state index contributed by atoms with van der Waals surface area (Å²) in [5.74, 6) is -0.409. The predicted molar refractivity (Wildman–Crippen MR) is 98.4 cm³/mol. The van der Waals surface area contributed by atoms with E-state index in [4.69, 9.17) is 5.73 Å². The van der Waals surface area contributed by atoms with Crippen LogP contribution in [-0.2, 0) is 24.1 Å². The number of carbonyl (C=O) groups excluding carboxylic acids is 2. The molecule has 1 fully saturated rings. The number of nitrogens with zero attached hydrogens (tertiary/aromatic N) is 1. The van der Waals surface area contributed by atoms with Gasteiger partial charge in [-0.1, -0.05) is 12.1 Å². The number of halogens is 3. The quantitative estimate of drug-likeness (QED) is 0.819. The summed E-state index contributed by atoms with van der Waals surface area (Å²) in [6.45, 7) is 1.13. The number of likely N-dealkylation sites (tertiary alicyclic amines) is 1. The van der Waals surface area contributed by atoms with Crippen LogP contribution in [0.2, 0.25) is 0 Å². The molecule has 1 saturated heterocycles. The molecule has 2 aromatic rings. The molecule has 1 aliphatic heterocycles. The van der Waals surface area contributed by atoms with Crippen LogP contribution in [0.25, 0.3) is 0 Å². The lowest BCUT2D eigenvalue weighted by Crippen LogP contribution is -2.23. The van der Waals surface area contributed by atoms with Crippen molar-refractivity contribution in [2.75, 3.05) is 11.9 Å². The van der Waals surface area contributed by atoms with E-state index in [-0.39, 0.29) is 23.7 Å². The second kappa shape index (κ2) is 8.02. The minimum Gasteiger partial charge on any atom is -0.338 e. The number of nitrogens with two attached hydrogens (primary N) is 1. The van der Waals surface area contributed by atoms with Gasteiger partial charge in [-0.15, -0.1) is 0 Å². The molecule has 28 heavy (non-hydrogen) atoms. The van der Waals surface area contributed by atoms with Gasteiger partial charge in [-0.3, -0.25) is 9.59 Å². The summed E-state index contributed by atoms with van der Waals surface area (Å²) in [4.78, 5) is 25.8. The van der Waals surface area contributed by atoms with E-state index in [9.17, 15) is 22.8 Å². The smallest absolute Gasteiger partial charge is 0.338 e. The maximum Gasteiger partial charge on any atom is 0.416 e. The first-order chi connectivity index (χ1) is 13.3. The summed E-state index contributed by atoms with van der Waals surface area (Å²) in [5.41, 5.74) is 6.10. The third-order valence-corrected chi connectivity index (χ3v) is 4.57. The molecule has 3 rings (SSSR count). The summed E-state index contributed by atoms with van der Waals surface area (Å²) in [7, 11) is 0. The maximum atomic E-state index is 13.0. The van der Waals surface area contributed by atoms with Gasteiger partial charge in [0.25, 0.3) is 5.91 Å². The molecule has 1 aliphatic rings. The molecular weight excluding hydrogens is 371 g/mol. The summed E-state index contributed by atoms with van der Waals surface area (Å²) in [5, 5.41) is 2.49. The van der Waals surface area contributed by atoms with Crippen molar-refractivity contribution in [1.82, 2.24) is 4.90 Å². The van der Waals surface area contributed by atoms with E-state index in [1.807, 2.05) is 0 Å². The number of nitrogens with one attached hydrogen (secondary N) is 1. The van der Waals surface area contributed by atoms with Crippen LogP contribution in [0.4, 0.5) is 18.9 Å². The van der Waals surface area contributed by atoms with E-state index in [1.54, 1.807) is 29.2 Å². The van der Waals surface area contributed by atoms with Gasteiger partial charge in [-0.2, -0.15) is 13.2 Å². The zero-order valence-corrected chi connectivity index (χ0v) is 15.1. The molecule has 148 valence electrons. The van der Waals surface area contributed by atoms with Crippen molar-refractivity contribution in [3.63, 3.8) is 0 Å². The molecule has 0 saturated carbocycles. The van der Waals surface area contributed by atoms with Gasteiger partial charge >= 0.3 is 6.18 Å². The number of hydrogen-bond acceptors (Lipinski definition) is 3. The first kappa shape index (κ1) is 19.9. The molecule has 0 bridgehead atoms. The number of amides is 2. The molecule has 2 aromatic carbocycles. The highest BCUT2D eigenvalue weighted by molar-refractivity contribution is 6.04. The van der Waals surface area contributed by atoms with Crippen LogP contribution in [0.1, 0.15) is 39.9 Å². The SMILES string of the molecule is NCc1cc(NC(=O)c2ccc(CN3CCCC3=O)cc2)cc(C(F)(F)F)c1. The van der Waals surface area contributed by atoms with Crippen LogP contribution >= 0.6 is 0 Å². The topological polar surface area (TPSA) is 75.4 Å². The average molecular weight is 391 g/mol. The van der Waals surface area contributed by atoms with Gasteiger partial charge in [0.2, 0.25) is 5.91 Å². The van der Waals surface area contributed by atoms with Crippen LogP contribution < -0.4 is 11.1 Å². The highest BCUT2D eigenvalue weighted by Gasteiger charge is 2.31. The standard InChI is InChI=1S/C20H20F3N3O2/c21-20(22,23)16-8-14(11-24)9-17(10-16)25-19(28)15-5-3-13(4-6-15)12-26-7-1-2-18(26)27/h3-6,8-10H,1-2,7,11-12,24H2,(H,25,28). The average Bonchev–Trinajstić information content (AvgIpc) is 3.06. The maximum absolute atomic E-state index is 13.0. The Hall–Kier alpha value is -2.87. The van der Waals surface area contributed by atoms with Gasteiger partial charge in [0.15, 0.2) is 0 Å². The number of hydrogen-bond donors (Lipinski definition) is 2. The van der Waals surface area contributed by atoms with E-state index < -0.39 is 17.6 Å². The van der Waals surface area contributed by atoms with Gasteiger partial charge in [-0.05, 0) is 47.9 Å². The van der Waals surface area contributed by atoms with Crippen molar-refractivity contribution in [3.8, 4) is 0 Å². The van der Waals surface area contributed by atoms with Crippen molar-refractivity contribution < 1.29 is 22.8 Å². The second-order valence-electron chi connectivity index (χ2n) is 6.69. The zero-order valence-electron chi connectivity index (χ0n) is 15.1. The van der Waals surface area contributed by atoms with Gasteiger partial charge < -0.3 is 16.0 Å². The highest BCUT2D eigenvalue weighted by atomic mass is 19.4. The number of rotatable bonds is 5. The van der Waals surface area contributed by atoms with Gasteiger partial charge in [0.05, 0.1) is 5.56 Å². The lowest BCUT2D eigenvalue weighted by Gasteiger charge is -2.15. The first-order valence-electron chi connectivity index (χ1n) is 8.85. The summed E-state index contributed by atoms with van der Waals surface area (Å²) in [6, 6.07) is 9.90. The number of benzene rings is 2. The molecule has 2 amide bonds. The Balaban J connectivity index is 1.71. The largest absolute Gasteiger partial charge is 0.416 e. The van der Waals surface area contributed by atoms with Crippen LogP contribution in [-0.4, -0.2) is 23.3 Å². The molecule has 0 aromatic heterocycles. The van der Waals surface area contributed by atoms with E-state index in [0.717, 1.165) is 30.7 Å². The summed E-state index contributed by atoms with van der Waals surface area (Å²) >= 11 is 0. The van der Waals surface area contributed by atoms with Crippen LogP contribution in [0.15, 0.2) is 42.5 Å². The summed E-state index contributed by atoms with van der Waals surface area (Å²) in [6.07, 6.45) is -3.12. The molecule has 0 aliphatic carbocycles. The Kier molecular flexibility index (Phi) is 5.69. The fraction of sp³-hybridized carbons (Fsp3) is 0.300. The molecule has 1 heterocycles. The molecule has 5 nitrogen and oxygen atoms in total. The number of alkyl halides is 3. The van der Waals surface area contributed by atoms with E-state index in [0.29, 0.717) is 18.5 Å². The molecule has 3 N–H and O–H groups in total. The van der Waals surface area contributed by atoms with Crippen molar-refractivity contribution in [2.45, 2.75) is 32.1 Å². The monoisotopic (exact) mass is 391 g/mol. The van der Waals surface area contributed by atoms with E-state index in [2.05, 4.69) is 5.32 Å². The number of carbonyl (C=O) groups is 2. The lowest BCUT2D eigenvalue weighted by atomic mass is 10.1. The van der Waals surface area contributed by atoms with Crippen LogP contribution in [0.3, 0.4) is 0 Å². The first-order valence-corrected chi connectivity index (χ1v) is 8.85. The lowest BCUT2D eigenvalue weighted by molar-refractivity contribution is -0.137.